The number of hydrogen-bond donors (Lipinski definition) is 2. The number of halogens is 2. The lowest BCUT2D eigenvalue weighted by molar-refractivity contribution is 0.601. The molecule has 0 aromatic heterocycles. The highest BCUT2D eigenvalue weighted by Crippen LogP contribution is 2.27. The van der Waals surface area contributed by atoms with Gasteiger partial charge in [0.1, 0.15) is 0 Å². The largest absolute Gasteiger partial charge is 0.398 e. The molecule has 0 bridgehead atoms. The fraction of sp³-hybridized carbons (Fsp3) is 0.0769. The average Bonchev–Trinajstić information content (AvgIpc) is 2.38. The highest BCUT2D eigenvalue weighted by Gasteiger charge is 2.16. The molecular weight excluding hydrogens is 408 g/mol. The van der Waals surface area contributed by atoms with E-state index in [9.17, 15) is 8.42 Å². The van der Waals surface area contributed by atoms with Gasteiger partial charge in [-0.05, 0) is 58.7 Å². The second-order valence-electron chi connectivity index (χ2n) is 4.20. The summed E-state index contributed by atoms with van der Waals surface area (Å²) in [6, 6.07) is 9.85. The number of nitrogen functional groups attached to an aromatic ring is 1. The molecule has 0 aliphatic carbocycles. The van der Waals surface area contributed by atoms with Crippen LogP contribution >= 0.6 is 31.9 Å². The molecular formula is C13H12Br2N2O2S. The first kappa shape index (κ1) is 15.3. The number of hydrogen-bond acceptors (Lipinski definition) is 3. The quantitative estimate of drug-likeness (QED) is 0.741. The molecule has 106 valence electrons. The van der Waals surface area contributed by atoms with Crippen molar-refractivity contribution in [1.82, 2.24) is 0 Å². The molecule has 0 saturated heterocycles. The zero-order chi connectivity index (χ0) is 14.9. The van der Waals surface area contributed by atoms with Crippen molar-refractivity contribution in [2.24, 2.45) is 0 Å². The van der Waals surface area contributed by atoms with Gasteiger partial charge in [0.25, 0.3) is 10.0 Å². The van der Waals surface area contributed by atoms with Crippen molar-refractivity contribution in [3.63, 3.8) is 0 Å². The van der Waals surface area contributed by atoms with Gasteiger partial charge >= 0.3 is 0 Å². The van der Waals surface area contributed by atoms with Crippen molar-refractivity contribution in [1.29, 1.82) is 0 Å². The first-order valence-electron chi connectivity index (χ1n) is 5.64. The minimum Gasteiger partial charge on any atom is -0.398 e. The molecule has 20 heavy (non-hydrogen) atoms. The van der Waals surface area contributed by atoms with Crippen LogP contribution in [0.25, 0.3) is 0 Å². The molecule has 2 aromatic rings. The predicted octanol–water partition coefficient (Wildman–Crippen LogP) is 3.90. The Kier molecular flexibility index (Phi) is 4.41. The Hall–Kier alpha value is -1.05. The fourth-order valence-electron chi connectivity index (χ4n) is 1.61. The van der Waals surface area contributed by atoms with E-state index in [1.54, 1.807) is 18.2 Å². The molecule has 0 aliphatic rings. The van der Waals surface area contributed by atoms with E-state index >= 15 is 0 Å². The summed E-state index contributed by atoms with van der Waals surface area (Å²) >= 11 is 6.61. The van der Waals surface area contributed by atoms with Crippen LogP contribution in [0.5, 0.6) is 0 Å². The second-order valence-corrected chi connectivity index (χ2v) is 7.59. The van der Waals surface area contributed by atoms with Gasteiger partial charge in [0.15, 0.2) is 0 Å². The highest BCUT2D eigenvalue weighted by atomic mass is 79.9. The van der Waals surface area contributed by atoms with Crippen LogP contribution < -0.4 is 10.5 Å². The number of rotatable bonds is 3. The van der Waals surface area contributed by atoms with Gasteiger partial charge < -0.3 is 5.73 Å². The zero-order valence-corrected chi connectivity index (χ0v) is 14.5. The third kappa shape index (κ3) is 3.16. The molecule has 0 atom stereocenters. The van der Waals surface area contributed by atoms with Crippen LogP contribution in [0.1, 0.15) is 5.56 Å². The lowest BCUT2D eigenvalue weighted by Gasteiger charge is -2.12. The van der Waals surface area contributed by atoms with E-state index < -0.39 is 10.0 Å². The van der Waals surface area contributed by atoms with E-state index in [4.69, 9.17) is 5.73 Å². The predicted molar refractivity (Wildman–Crippen MR) is 88.2 cm³/mol. The molecule has 0 aliphatic heterocycles. The molecule has 0 radical (unpaired) electrons. The van der Waals surface area contributed by atoms with Gasteiger partial charge in [0.05, 0.1) is 10.6 Å². The van der Waals surface area contributed by atoms with Crippen molar-refractivity contribution >= 4 is 53.3 Å². The van der Waals surface area contributed by atoms with E-state index in [-0.39, 0.29) is 4.90 Å². The van der Waals surface area contributed by atoms with Crippen LogP contribution in [0.2, 0.25) is 0 Å². The molecule has 2 aromatic carbocycles. The van der Waals surface area contributed by atoms with Crippen LogP contribution in [0.4, 0.5) is 11.4 Å². The van der Waals surface area contributed by atoms with Crippen LogP contribution in [0, 0.1) is 6.92 Å². The Morgan fingerprint density at radius 2 is 1.80 bits per heavy atom. The minimum atomic E-state index is -3.66. The maximum atomic E-state index is 12.3. The van der Waals surface area contributed by atoms with E-state index in [0.717, 1.165) is 10.0 Å². The van der Waals surface area contributed by atoms with E-state index in [0.29, 0.717) is 15.8 Å². The van der Waals surface area contributed by atoms with Gasteiger partial charge in [0.2, 0.25) is 0 Å². The third-order valence-corrected chi connectivity index (χ3v) is 5.73. The van der Waals surface area contributed by atoms with Crippen molar-refractivity contribution in [3.05, 3.63) is 50.9 Å². The first-order chi connectivity index (χ1) is 9.31. The van der Waals surface area contributed by atoms with Crippen molar-refractivity contribution < 1.29 is 8.42 Å². The zero-order valence-electron chi connectivity index (χ0n) is 10.5. The lowest BCUT2D eigenvalue weighted by Crippen LogP contribution is -2.14. The number of sulfonamides is 1. The van der Waals surface area contributed by atoms with Crippen LogP contribution in [0.15, 0.2) is 50.2 Å². The average molecular weight is 420 g/mol. The smallest absolute Gasteiger partial charge is 0.261 e. The molecule has 7 heteroatoms. The molecule has 3 N–H and O–H groups in total. The van der Waals surface area contributed by atoms with Gasteiger partial charge in [-0.15, -0.1) is 0 Å². The monoisotopic (exact) mass is 418 g/mol. The molecule has 0 saturated carbocycles. The summed E-state index contributed by atoms with van der Waals surface area (Å²) in [4.78, 5) is 0.123. The molecule has 0 unspecified atom stereocenters. The molecule has 4 nitrogen and oxygen atoms in total. The summed E-state index contributed by atoms with van der Waals surface area (Å²) < 4.78 is 28.7. The van der Waals surface area contributed by atoms with Crippen molar-refractivity contribution in [2.45, 2.75) is 11.8 Å². The van der Waals surface area contributed by atoms with Gasteiger partial charge in [-0.1, -0.05) is 22.0 Å². The Balaban J connectivity index is 2.41. The van der Waals surface area contributed by atoms with Gasteiger partial charge in [0, 0.05) is 14.6 Å². The Morgan fingerprint density at radius 3 is 2.45 bits per heavy atom. The van der Waals surface area contributed by atoms with Crippen LogP contribution in [0.3, 0.4) is 0 Å². The molecule has 0 heterocycles. The third-order valence-electron chi connectivity index (χ3n) is 2.79. The Morgan fingerprint density at radius 1 is 1.10 bits per heavy atom. The first-order valence-corrected chi connectivity index (χ1v) is 8.71. The summed E-state index contributed by atoms with van der Waals surface area (Å²) in [6.45, 7) is 1.83. The Labute approximate surface area is 134 Å². The summed E-state index contributed by atoms with van der Waals surface area (Å²) in [7, 11) is -3.66. The number of anilines is 2. The molecule has 0 spiro atoms. The minimum absolute atomic E-state index is 0.123. The summed E-state index contributed by atoms with van der Waals surface area (Å²) in [5, 5.41) is 0. The van der Waals surface area contributed by atoms with E-state index in [1.165, 1.54) is 12.1 Å². The number of benzene rings is 2. The van der Waals surface area contributed by atoms with Crippen molar-refractivity contribution in [2.75, 3.05) is 10.5 Å². The van der Waals surface area contributed by atoms with Gasteiger partial charge in [-0.2, -0.15) is 0 Å². The van der Waals surface area contributed by atoms with Gasteiger partial charge in [-0.25, -0.2) is 8.42 Å². The molecule has 0 amide bonds. The van der Waals surface area contributed by atoms with Crippen molar-refractivity contribution in [3.8, 4) is 0 Å². The second kappa shape index (κ2) is 5.75. The summed E-state index contributed by atoms with van der Waals surface area (Å²) in [5.41, 5.74) is 7.44. The van der Waals surface area contributed by atoms with E-state index in [2.05, 4.69) is 36.6 Å². The summed E-state index contributed by atoms with van der Waals surface area (Å²) in [5.74, 6) is 0. The summed E-state index contributed by atoms with van der Waals surface area (Å²) in [6.07, 6.45) is 0. The Bertz CT molecular complexity index is 761. The SMILES string of the molecule is Cc1c(Br)cccc1NS(=O)(=O)c1ccc(Br)c(N)c1. The molecule has 2 rings (SSSR count). The topological polar surface area (TPSA) is 72.2 Å². The number of nitrogens with two attached hydrogens (primary N) is 1. The molecule has 0 fully saturated rings. The lowest BCUT2D eigenvalue weighted by atomic mass is 10.2. The normalized spacial score (nSPS) is 11.3. The van der Waals surface area contributed by atoms with Crippen LogP contribution in [-0.2, 0) is 10.0 Å². The van der Waals surface area contributed by atoms with Crippen LogP contribution in [-0.4, -0.2) is 8.42 Å². The fourth-order valence-corrected chi connectivity index (χ4v) is 3.38. The van der Waals surface area contributed by atoms with Gasteiger partial charge in [-0.3, -0.25) is 4.72 Å². The van der Waals surface area contributed by atoms with E-state index in [1.807, 2.05) is 13.0 Å². The maximum absolute atomic E-state index is 12.3. The maximum Gasteiger partial charge on any atom is 0.261 e. The number of nitrogens with one attached hydrogen (secondary N) is 1. The highest BCUT2D eigenvalue weighted by molar-refractivity contribution is 9.10. The standard InChI is InChI=1S/C13H12Br2N2O2S/c1-8-10(14)3-2-4-13(8)17-20(18,19)9-5-6-11(15)12(16)7-9/h2-7,17H,16H2,1H3.